The molecule has 27 heavy (non-hydrogen) atoms. The van der Waals surface area contributed by atoms with E-state index < -0.39 is 0 Å². The number of carbonyl (C=O) groups excluding carboxylic acids is 1. The number of rotatable bonds is 9. The Bertz CT molecular complexity index is 863. The summed E-state index contributed by atoms with van der Waals surface area (Å²) in [5, 5.41) is 0. The fraction of sp³-hybridized carbons (Fsp3) is 0.174. The monoisotopic (exact) mass is 364 g/mol. The molecule has 2 rings (SSSR count). The van der Waals surface area contributed by atoms with Gasteiger partial charge in [0.05, 0.1) is 21.3 Å². The van der Waals surface area contributed by atoms with Gasteiger partial charge in [-0.1, -0.05) is 30.4 Å². The fourth-order valence-electron chi connectivity index (χ4n) is 2.59. The van der Waals surface area contributed by atoms with Crippen molar-refractivity contribution in [3.8, 4) is 17.2 Å². The molecule has 0 radical (unpaired) electrons. The molecule has 0 atom stereocenters. The third kappa shape index (κ3) is 5.61. The minimum Gasteiger partial charge on any atom is -0.496 e. The van der Waals surface area contributed by atoms with Crippen molar-refractivity contribution in [2.75, 3.05) is 21.3 Å². The summed E-state index contributed by atoms with van der Waals surface area (Å²) in [6, 6.07) is 11.3. The smallest absolute Gasteiger partial charge is 0.178 e. The Morgan fingerprint density at radius 3 is 1.96 bits per heavy atom. The first kappa shape index (κ1) is 20.0. The van der Waals surface area contributed by atoms with Crippen molar-refractivity contribution in [3.05, 3.63) is 77.9 Å². The third-order valence-electron chi connectivity index (χ3n) is 3.96. The van der Waals surface area contributed by atoms with E-state index in [0.717, 1.165) is 22.4 Å². The first-order chi connectivity index (χ1) is 13.1. The number of methoxy groups -OCH3 is 3. The van der Waals surface area contributed by atoms with Gasteiger partial charge in [-0.05, 0) is 59.5 Å². The van der Waals surface area contributed by atoms with Gasteiger partial charge in [-0.25, -0.2) is 0 Å². The summed E-state index contributed by atoms with van der Waals surface area (Å²) in [5.41, 5.74) is 2.82. The molecule has 0 N–H and O–H groups in total. The summed E-state index contributed by atoms with van der Waals surface area (Å²) in [5.74, 6) is 1.98. The topological polar surface area (TPSA) is 44.8 Å². The maximum atomic E-state index is 12.1. The van der Waals surface area contributed by atoms with Crippen LogP contribution in [-0.4, -0.2) is 27.1 Å². The van der Waals surface area contributed by atoms with E-state index in [-0.39, 0.29) is 5.78 Å². The molecule has 2 aromatic carbocycles. The highest BCUT2D eigenvalue weighted by Gasteiger charge is 2.03. The Morgan fingerprint density at radius 2 is 1.41 bits per heavy atom. The molecule has 0 aliphatic heterocycles. The predicted octanol–water partition coefficient (Wildman–Crippen LogP) is 4.74. The van der Waals surface area contributed by atoms with Crippen molar-refractivity contribution in [3.63, 3.8) is 0 Å². The molecule has 0 aliphatic carbocycles. The van der Waals surface area contributed by atoms with Gasteiger partial charge < -0.3 is 14.2 Å². The molecular weight excluding hydrogens is 340 g/mol. The largest absolute Gasteiger partial charge is 0.496 e. The summed E-state index contributed by atoms with van der Waals surface area (Å²) in [6.07, 6.45) is 9.11. The lowest BCUT2D eigenvalue weighted by atomic mass is 10.1. The molecule has 0 unspecified atom stereocenters. The number of ketones is 1. The van der Waals surface area contributed by atoms with Crippen LogP contribution in [0.3, 0.4) is 0 Å². The van der Waals surface area contributed by atoms with Crippen molar-refractivity contribution in [2.24, 2.45) is 0 Å². The van der Waals surface area contributed by atoms with E-state index in [0.29, 0.717) is 17.9 Å². The Balaban J connectivity index is 2.10. The van der Waals surface area contributed by atoms with E-state index in [1.165, 1.54) is 12.2 Å². The molecule has 140 valence electrons. The van der Waals surface area contributed by atoms with E-state index in [1.807, 2.05) is 36.4 Å². The van der Waals surface area contributed by atoms with Crippen LogP contribution in [0.1, 0.15) is 16.7 Å². The molecule has 2 aromatic rings. The Labute approximate surface area is 160 Å². The highest BCUT2D eigenvalue weighted by atomic mass is 16.5. The maximum Gasteiger partial charge on any atom is 0.178 e. The van der Waals surface area contributed by atoms with Gasteiger partial charge in [0.1, 0.15) is 5.75 Å². The normalized spacial score (nSPS) is 10.9. The van der Waals surface area contributed by atoms with Crippen LogP contribution in [-0.2, 0) is 11.2 Å². The van der Waals surface area contributed by atoms with Crippen LogP contribution >= 0.6 is 0 Å². The molecule has 0 amide bonds. The average Bonchev–Trinajstić information content (AvgIpc) is 2.70. The van der Waals surface area contributed by atoms with Crippen molar-refractivity contribution >= 4 is 17.9 Å². The second kappa shape index (κ2) is 10.0. The fourth-order valence-corrected chi connectivity index (χ4v) is 2.59. The van der Waals surface area contributed by atoms with E-state index >= 15 is 0 Å². The van der Waals surface area contributed by atoms with Gasteiger partial charge in [-0.15, -0.1) is 6.58 Å². The first-order valence-corrected chi connectivity index (χ1v) is 8.51. The van der Waals surface area contributed by atoms with E-state index in [9.17, 15) is 4.79 Å². The molecule has 0 saturated heterocycles. The van der Waals surface area contributed by atoms with E-state index in [1.54, 1.807) is 39.5 Å². The van der Waals surface area contributed by atoms with Crippen LogP contribution in [0, 0.1) is 0 Å². The highest BCUT2D eigenvalue weighted by molar-refractivity contribution is 6.04. The Hall–Kier alpha value is -3.27. The standard InChI is InChI=1S/C23H24O4/c1-5-6-19-15-17(9-13-21(19)25-2)7-11-20(24)12-8-18-10-14-22(26-3)23(16-18)27-4/h5,7-16H,1,6H2,2-4H3/b11-7+,12-8+. The molecule has 0 spiro atoms. The molecule has 0 saturated carbocycles. The van der Waals surface area contributed by atoms with Crippen molar-refractivity contribution < 1.29 is 19.0 Å². The quantitative estimate of drug-likeness (QED) is 0.476. The van der Waals surface area contributed by atoms with Gasteiger partial charge in [-0.2, -0.15) is 0 Å². The van der Waals surface area contributed by atoms with Crippen LogP contribution in [0.5, 0.6) is 17.2 Å². The lowest BCUT2D eigenvalue weighted by Crippen LogP contribution is -1.92. The van der Waals surface area contributed by atoms with Crippen molar-refractivity contribution in [1.82, 2.24) is 0 Å². The van der Waals surface area contributed by atoms with Crippen LogP contribution in [0.4, 0.5) is 0 Å². The second-order valence-corrected chi connectivity index (χ2v) is 5.75. The number of hydrogen-bond acceptors (Lipinski definition) is 4. The molecule has 0 aromatic heterocycles. The number of hydrogen-bond donors (Lipinski definition) is 0. The number of benzene rings is 2. The summed E-state index contributed by atoms with van der Waals surface area (Å²) >= 11 is 0. The molecule has 0 fully saturated rings. The van der Waals surface area contributed by atoms with Gasteiger partial charge in [0.25, 0.3) is 0 Å². The predicted molar refractivity (Wildman–Crippen MR) is 110 cm³/mol. The Morgan fingerprint density at radius 1 is 0.852 bits per heavy atom. The first-order valence-electron chi connectivity index (χ1n) is 8.51. The molecule has 0 bridgehead atoms. The van der Waals surface area contributed by atoms with E-state index in [2.05, 4.69) is 6.58 Å². The number of carbonyl (C=O) groups is 1. The Kier molecular flexibility index (Phi) is 7.44. The van der Waals surface area contributed by atoms with E-state index in [4.69, 9.17) is 14.2 Å². The van der Waals surface area contributed by atoms with Gasteiger partial charge in [-0.3, -0.25) is 4.79 Å². The summed E-state index contributed by atoms with van der Waals surface area (Å²) in [7, 11) is 4.80. The van der Waals surface area contributed by atoms with Gasteiger partial charge >= 0.3 is 0 Å². The van der Waals surface area contributed by atoms with Crippen LogP contribution < -0.4 is 14.2 Å². The molecule has 4 nitrogen and oxygen atoms in total. The maximum absolute atomic E-state index is 12.1. The van der Waals surface area contributed by atoms with Gasteiger partial charge in [0.2, 0.25) is 0 Å². The van der Waals surface area contributed by atoms with Crippen LogP contribution in [0.15, 0.2) is 61.2 Å². The summed E-state index contributed by atoms with van der Waals surface area (Å²) in [6.45, 7) is 3.76. The van der Waals surface area contributed by atoms with Crippen LogP contribution in [0.2, 0.25) is 0 Å². The average molecular weight is 364 g/mol. The van der Waals surface area contributed by atoms with Crippen molar-refractivity contribution in [2.45, 2.75) is 6.42 Å². The molecular formula is C23H24O4. The molecule has 0 heterocycles. The number of ether oxygens (including phenoxy) is 3. The van der Waals surface area contributed by atoms with Crippen LogP contribution in [0.25, 0.3) is 12.2 Å². The summed E-state index contributed by atoms with van der Waals surface area (Å²) < 4.78 is 15.8. The SMILES string of the molecule is C=CCc1cc(/C=C/C(=O)/C=C/c2ccc(OC)c(OC)c2)ccc1OC. The minimum absolute atomic E-state index is 0.106. The lowest BCUT2D eigenvalue weighted by Gasteiger charge is -2.07. The lowest BCUT2D eigenvalue weighted by molar-refractivity contribution is -0.110. The third-order valence-corrected chi connectivity index (χ3v) is 3.96. The van der Waals surface area contributed by atoms with Gasteiger partial charge in [0, 0.05) is 0 Å². The zero-order valence-electron chi connectivity index (χ0n) is 15.9. The molecule has 4 heteroatoms. The zero-order valence-corrected chi connectivity index (χ0v) is 15.9. The minimum atomic E-state index is -0.106. The van der Waals surface area contributed by atoms with Gasteiger partial charge in [0.15, 0.2) is 17.3 Å². The molecule has 0 aliphatic rings. The zero-order chi connectivity index (χ0) is 19.6. The summed E-state index contributed by atoms with van der Waals surface area (Å²) in [4.78, 5) is 12.1. The highest BCUT2D eigenvalue weighted by Crippen LogP contribution is 2.28. The van der Waals surface area contributed by atoms with Crippen molar-refractivity contribution in [1.29, 1.82) is 0 Å². The second-order valence-electron chi connectivity index (χ2n) is 5.75. The number of allylic oxidation sites excluding steroid dienone is 3.